The maximum atomic E-state index is 5.44. The third-order valence-corrected chi connectivity index (χ3v) is 12.8. The molecule has 0 amide bonds. The molecule has 0 spiro atoms. The Bertz CT molecular complexity index is 374. The van der Waals surface area contributed by atoms with E-state index >= 15 is 0 Å². The Kier molecular flexibility index (Phi) is 16.7. The second-order valence-corrected chi connectivity index (χ2v) is 13.8. The molecular formula is C16H38O9Si3. The van der Waals surface area contributed by atoms with E-state index < -0.39 is 26.4 Å². The maximum Gasteiger partial charge on any atom is 0.534 e. The largest absolute Gasteiger partial charge is 0.534 e. The molecule has 0 saturated carbocycles. The molecule has 0 aliphatic rings. The summed E-state index contributed by atoms with van der Waals surface area (Å²) in [6, 6.07) is 0. The van der Waals surface area contributed by atoms with Gasteiger partial charge >= 0.3 is 26.4 Å². The second kappa shape index (κ2) is 15.6. The van der Waals surface area contributed by atoms with Crippen LogP contribution < -0.4 is 0 Å². The third kappa shape index (κ3) is 7.89. The highest BCUT2D eigenvalue weighted by molar-refractivity contribution is 6.91. The first-order valence-corrected chi connectivity index (χ1v) is 14.1. The summed E-state index contributed by atoms with van der Waals surface area (Å²) in [5, 5.41) is 0. The van der Waals surface area contributed by atoms with Crippen molar-refractivity contribution >= 4 is 26.4 Å². The van der Waals surface area contributed by atoms with Gasteiger partial charge in [-0.15, -0.1) is 0 Å². The molecular weight excluding hydrogens is 420 g/mol. The second-order valence-electron chi connectivity index (χ2n) is 4.92. The van der Waals surface area contributed by atoms with E-state index in [1.54, 1.807) is 5.70 Å². The van der Waals surface area contributed by atoms with Crippen molar-refractivity contribution in [2.24, 2.45) is 0 Å². The molecule has 0 bridgehead atoms. The minimum absolute atomic E-state index is 0.472. The first-order valence-electron chi connectivity index (χ1n) is 8.82. The normalized spacial score (nSPS) is 12.3. The fourth-order valence-electron chi connectivity index (χ4n) is 2.33. The lowest BCUT2D eigenvalue weighted by Gasteiger charge is -2.33. The summed E-state index contributed by atoms with van der Waals surface area (Å²) in [5.41, 5.74) is 1.67. The molecule has 0 atom stereocenters. The number of hydrogen-bond acceptors (Lipinski definition) is 9. The molecule has 0 heterocycles. The summed E-state index contributed by atoms with van der Waals surface area (Å²) in [7, 11) is 0.384. The van der Waals surface area contributed by atoms with E-state index in [0.29, 0.717) is 24.6 Å². The van der Waals surface area contributed by atoms with E-state index in [4.69, 9.17) is 39.8 Å². The van der Waals surface area contributed by atoms with Crippen molar-refractivity contribution in [3.63, 3.8) is 0 Å². The minimum atomic E-state index is -3.03. The third-order valence-electron chi connectivity index (χ3n) is 3.64. The molecule has 0 rings (SSSR count). The molecule has 168 valence electrons. The van der Waals surface area contributed by atoms with E-state index in [2.05, 4.69) is 13.2 Å². The Morgan fingerprint density at radius 2 is 0.893 bits per heavy atom. The Balaban J connectivity index is 0. The molecule has 0 N–H and O–H groups in total. The first kappa shape index (κ1) is 30.0. The Labute approximate surface area is 173 Å². The molecule has 0 aliphatic carbocycles. The summed E-state index contributed by atoms with van der Waals surface area (Å²) >= 11 is 0. The van der Waals surface area contributed by atoms with Crippen molar-refractivity contribution in [1.82, 2.24) is 0 Å². The molecule has 9 nitrogen and oxygen atoms in total. The zero-order chi connectivity index (χ0) is 22.3. The topological polar surface area (TPSA) is 83.1 Å². The fraction of sp³-hybridized carbons (Fsp3) is 0.750. The Morgan fingerprint density at radius 1 is 0.643 bits per heavy atom. The summed E-state index contributed by atoms with van der Waals surface area (Å²) < 4.78 is 48.1. The molecule has 0 radical (unpaired) electrons. The van der Waals surface area contributed by atoms with Gasteiger partial charge in [0.2, 0.25) is 0 Å². The molecule has 0 aromatic heterocycles. The summed E-state index contributed by atoms with van der Waals surface area (Å²) in [6.07, 6.45) is 0. The highest BCUT2D eigenvalue weighted by atomic mass is 28.5. The number of rotatable bonds is 15. The highest BCUT2D eigenvalue weighted by Gasteiger charge is 2.58. The summed E-state index contributed by atoms with van der Waals surface area (Å²) in [5.74, 6) is 0. The first-order chi connectivity index (χ1) is 13.3. The molecule has 28 heavy (non-hydrogen) atoms. The number of hydrogen-bond donors (Lipinski definition) is 0. The zero-order valence-electron chi connectivity index (χ0n) is 18.8. The van der Waals surface area contributed by atoms with Crippen LogP contribution in [0.25, 0.3) is 0 Å². The molecule has 0 unspecified atom stereocenters. The van der Waals surface area contributed by atoms with Gasteiger partial charge in [0.05, 0.1) is 4.82 Å². The monoisotopic (exact) mass is 458 g/mol. The van der Waals surface area contributed by atoms with Crippen LogP contribution in [0.15, 0.2) is 23.7 Å². The molecule has 12 heteroatoms. The molecule has 0 aliphatic heterocycles. The van der Waals surface area contributed by atoms with Gasteiger partial charge in [0.1, 0.15) is 0 Å². The fourth-order valence-corrected chi connectivity index (χ4v) is 9.96. The molecule has 0 saturated heterocycles. The summed E-state index contributed by atoms with van der Waals surface area (Å²) in [6.45, 7) is 15.1. The van der Waals surface area contributed by atoms with Crippen LogP contribution in [-0.4, -0.2) is 88.9 Å². The van der Waals surface area contributed by atoms with Gasteiger partial charge < -0.3 is 39.8 Å². The van der Waals surface area contributed by atoms with Gasteiger partial charge in [-0.2, -0.15) is 0 Å². The summed E-state index contributed by atoms with van der Waals surface area (Å²) in [4.78, 5) is 0.472. The van der Waals surface area contributed by atoms with Crippen LogP contribution in [0, 0.1) is 0 Å². The van der Waals surface area contributed by atoms with Crippen molar-refractivity contribution in [1.29, 1.82) is 0 Å². The quantitative estimate of drug-likeness (QED) is 0.343. The van der Waals surface area contributed by atoms with Gasteiger partial charge in [-0.05, 0) is 26.5 Å². The van der Waals surface area contributed by atoms with E-state index in [1.165, 1.54) is 42.7 Å². The van der Waals surface area contributed by atoms with E-state index in [0.717, 1.165) is 0 Å². The van der Waals surface area contributed by atoms with Crippen molar-refractivity contribution in [3.8, 4) is 0 Å². The predicted octanol–water partition coefficient (Wildman–Crippen LogP) is 2.14. The van der Waals surface area contributed by atoms with Crippen LogP contribution in [0.1, 0.15) is 20.8 Å². The van der Waals surface area contributed by atoms with Crippen LogP contribution in [0.3, 0.4) is 0 Å². The average molecular weight is 459 g/mol. The Hall–Kier alpha value is -0.229. The van der Waals surface area contributed by atoms with Gasteiger partial charge in [0.25, 0.3) is 0 Å². The zero-order valence-corrected chi connectivity index (χ0v) is 21.8. The van der Waals surface area contributed by atoms with Crippen LogP contribution in [0.2, 0.25) is 0 Å². The van der Waals surface area contributed by atoms with Gasteiger partial charge in [-0.3, -0.25) is 0 Å². The average Bonchev–Trinajstić information content (AvgIpc) is 2.72. The predicted molar refractivity (Wildman–Crippen MR) is 114 cm³/mol. The lowest BCUT2D eigenvalue weighted by Crippen LogP contribution is -2.59. The van der Waals surface area contributed by atoms with Gasteiger partial charge in [0.15, 0.2) is 0 Å². The van der Waals surface area contributed by atoms with Crippen LogP contribution in [0.4, 0.5) is 0 Å². The van der Waals surface area contributed by atoms with Gasteiger partial charge in [-0.1, -0.05) is 13.2 Å². The van der Waals surface area contributed by atoms with Crippen LogP contribution >= 0.6 is 0 Å². The lowest BCUT2D eigenvalue weighted by molar-refractivity contribution is 0.0843. The van der Waals surface area contributed by atoms with Crippen molar-refractivity contribution < 1.29 is 39.8 Å². The maximum absolute atomic E-state index is 5.44. The SMILES string of the molecule is C=C([Si](OC)(OC)OC)[Si](OC)(OC)OC.C=C[Si](OCC)(OCC)OCC. The Morgan fingerprint density at radius 3 is 1.04 bits per heavy atom. The molecule has 0 aromatic rings. The highest BCUT2D eigenvalue weighted by Crippen LogP contribution is 2.27. The van der Waals surface area contributed by atoms with E-state index in [1.807, 2.05) is 20.8 Å². The van der Waals surface area contributed by atoms with Gasteiger partial charge in [-0.25, -0.2) is 0 Å². The van der Waals surface area contributed by atoms with Crippen LogP contribution in [-0.2, 0) is 39.8 Å². The lowest BCUT2D eigenvalue weighted by atomic mass is 10.9. The van der Waals surface area contributed by atoms with E-state index in [9.17, 15) is 0 Å². The smallest absolute Gasteiger partial charge is 0.374 e. The van der Waals surface area contributed by atoms with Gasteiger partial charge in [0, 0.05) is 62.5 Å². The van der Waals surface area contributed by atoms with E-state index in [-0.39, 0.29) is 0 Å². The van der Waals surface area contributed by atoms with Crippen LogP contribution in [0.5, 0.6) is 0 Å². The van der Waals surface area contributed by atoms with Crippen molar-refractivity contribution in [3.05, 3.63) is 23.7 Å². The molecule has 0 aromatic carbocycles. The van der Waals surface area contributed by atoms with Crippen molar-refractivity contribution in [2.45, 2.75) is 20.8 Å². The minimum Gasteiger partial charge on any atom is -0.374 e. The van der Waals surface area contributed by atoms with Crippen molar-refractivity contribution in [2.75, 3.05) is 62.5 Å². The standard InChI is InChI=1S/C8H20O6Si2.C8H18O3Si/c1-8(15(9-2,10-3)11-4)16(12-5,13-6)14-7;1-5-9-12(8-4,10-6-2)11-7-3/h1H2,2-7H3;8H,4-7H2,1-3H3. The molecule has 0 fully saturated rings.